The monoisotopic (exact) mass is 425 g/mol. The van der Waals surface area contributed by atoms with Gasteiger partial charge in [-0.3, -0.25) is 0 Å². The number of carbonyl (C=O) groups excluding carboxylic acids is 1. The third-order valence-corrected chi connectivity index (χ3v) is 6.47. The largest absolute Gasteiger partial charge is 0.457 e. The Hall–Kier alpha value is -2.22. The van der Waals surface area contributed by atoms with Crippen molar-refractivity contribution in [3.05, 3.63) is 70.5 Å². The van der Waals surface area contributed by atoms with Crippen LogP contribution in [0.2, 0.25) is 5.02 Å². The smallest absolute Gasteiger partial charge is 0.331 e. The lowest BCUT2D eigenvalue weighted by Gasteiger charge is -2.18. The lowest BCUT2D eigenvalue weighted by atomic mass is 10.2. The zero-order chi connectivity index (χ0) is 20.7. The molecular weight excluding hydrogens is 405 g/mol. The summed E-state index contributed by atoms with van der Waals surface area (Å²) in [4.78, 5) is 12.0. The van der Waals surface area contributed by atoms with Crippen molar-refractivity contribution in [2.45, 2.75) is 25.3 Å². The number of esters is 1. The van der Waals surface area contributed by atoms with Gasteiger partial charge in [0, 0.05) is 24.7 Å². The summed E-state index contributed by atoms with van der Waals surface area (Å²) in [6.45, 7) is 4.04. The first-order valence-corrected chi connectivity index (χ1v) is 10.5. The lowest BCUT2D eigenvalue weighted by Crippen LogP contribution is -2.30. The van der Waals surface area contributed by atoms with E-state index in [9.17, 15) is 17.6 Å². The van der Waals surface area contributed by atoms with Crippen LogP contribution >= 0.6 is 11.6 Å². The average Bonchev–Trinajstić information content (AvgIpc) is 2.67. The predicted molar refractivity (Wildman–Crippen MR) is 107 cm³/mol. The number of sulfonamides is 1. The molecule has 0 bridgehead atoms. The van der Waals surface area contributed by atoms with Crippen LogP contribution in [0.3, 0.4) is 0 Å². The van der Waals surface area contributed by atoms with Gasteiger partial charge in [0.05, 0.1) is 9.92 Å². The molecule has 0 radical (unpaired) electrons. The van der Waals surface area contributed by atoms with Gasteiger partial charge in [-0.15, -0.1) is 0 Å². The van der Waals surface area contributed by atoms with Crippen molar-refractivity contribution in [3.8, 4) is 0 Å². The minimum Gasteiger partial charge on any atom is -0.457 e. The van der Waals surface area contributed by atoms with Crippen LogP contribution in [-0.4, -0.2) is 31.8 Å². The highest BCUT2D eigenvalue weighted by atomic mass is 35.5. The summed E-state index contributed by atoms with van der Waals surface area (Å²) in [5, 5.41) is 0.182. The molecule has 0 atom stereocenters. The number of hydrogen-bond acceptors (Lipinski definition) is 4. The van der Waals surface area contributed by atoms with Crippen molar-refractivity contribution in [1.29, 1.82) is 0 Å². The molecule has 0 spiro atoms. The van der Waals surface area contributed by atoms with Crippen LogP contribution in [-0.2, 0) is 26.2 Å². The van der Waals surface area contributed by atoms with Gasteiger partial charge in [0.1, 0.15) is 12.4 Å². The highest BCUT2D eigenvalue weighted by Crippen LogP contribution is 2.20. The van der Waals surface area contributed by atoms with Crippen molar-refractivity contribution >= 4 is 33.7 Å². The van der Waals surface area contributed by atoms with Gasteiger partial charge in [-0.1, -0.05) is 43.6 Å². The van der Waals surface area contributed by atoms with Crippen molar-refractivity contribution < 1.29 is 22.3 Å². The summed E-state index contributed by atoms with van der Waals surface area (Å²) in [5.74, 6) is -1.21. The maximum absolute atomic E-state index is 13.6. The molecule has 0 aliphatic heterocycles. The fourth-order valence-electron chi connectivity index (χ4n) is 2.49. The van der Waals surface area contributed by atoms with Crippen LogP contribution in [0.25, 0.3) is 6.08 Å². The third-order valence-electron chi connectivity index (χ3n) is 4.06. The molecule has 0 heterocycles. The Labute approximate surface area is 169 Å². The van der Waals surface area contributed by atoms with E-state index in [1.54, 1.807) is 26.0 Å². The van der Waals surface area contributed by atoms with Gasteiger partial charge in [0.25, 0.3) is 0 Å². The van der Waals surface area contributed by atoms with Gasteiger partial charge < -0.3 is 4.74 Å². The first kappa shape index (κ1) is 22.1. The predicted octanol–water partition coefficient (Wildman–Crippen LogP) is 4.27. The van der Waals surface area contributed by atoms with Crippen LogP contribution in [0, 0.1) is 5.82 Å². The lowest BCUT2D eigenvalue weighted by molar-refractivity contribution is -0.138. The van der Waals surface area contributed by atoms with E-state index in [0.717, 1.165) is 0 Å². The van der Waals surface area contributed by atoms with E-state index in [1.165, 1.54) is 46.8 Å². The van der Waals surface area contributed by atoms with Crippen LogP contribution in [0.1, 0.15) is 25.0 Å². The average molecular weight is 426 g/mol. The maximum atomic E-state index is 13.6. The standard InChI is InChI=1S/C20H21ClFNO4S/c1-3-23(4-2)28(25,26)16-11-8-15(9-12-16)10-13-20(24)27-14-17-18(21)6-5-7-19(17)22/h5-13H,3-4,14H2,1-2H3. The second-order valence-electron chi connectivity index (χ2n) is 5.80. The molecule has 0 aliphatic rings. The van der Waals surface area contributed by atoms with E-state index >= 15 is 0 Å². The first-order chi connectivity index (χ1) is 13.3. The number of nitrogens with zero attached hydrogens (tertiary/aromatic N) is 1. The van der Waals surface area contributed by atoms with Crippen molar-refractivity contribution in [2.75, 3.05) is 13.1 Å². The Morgan fingerprint density at radius 2 is 1.79 bits per heavy atom. The van der Waals surface area contributed by atoms with Gasteiger partial charge in [0.15, 0.2) is 0 Å². The summed E-state index contributed by atoms with van der Waals surface area (Å²) in [5.41, 5.74) is 0.733. The number of halogens is 2. The van der Waals surface area contributed by atoms with E-state index in [-0.39, 0.29) is 22.1 Å². The number of hydrogen-bond donors (Lipinski definition) is 0. The molecule has 0 saturated carbocycles. The Morgan fingerprint density at radius 1 is 1.14 bits per heavy atom. The molecule has 2 aromatic carbocycles. The molecule has 8 heteroatoms. The molecule has 5 nitrogen and oxygen atoms in total. The number of benzene rings is 2. The summed E-state index contributed by atoms with van der Waals surface area (Å²) in [6, 6.07) is 10.4. The second-order valence-corrected chi connectivity index (χ2v) is 8.14. The SMILES string of the molecule is CCN(CC)S(=O)(=O)c1ccc(C=CC(=O)OCc2c(F)cccc2Cl)cc1. The van der Waals surface area contributed by atoms with Crippen LogP contribution < -0.4 is 0 Å². The zero-order valence-corrected chi connectivity index (χ0v) is 17.1. The minimum absolute atomic E-state index is 0.108. The van der Waals surface area contributed by atoms with Crippen molar-refractivity contribution in [2.24, 2.45) is 0 Å². The molecule has 0 N–H and O–H groups in total. The van der Waals surface area contributed by atoms with E-state index in [1.807, 2.05) is 0 Å². The van der Waals surface area contributed by atoms with Gasteiger partial charge in [-0.2, -0.15) is 4.31 Å². The molecule has 0 amide bonds. The number of carbonyl (C=O) groups is 1. The van der Waals surface area contributed by atoms with E-state index in [2.05, 4.69) is 0 Å². The molecule has 2 rings (SSSR count). The normalized spacial score (nSPS) is 11.9. The molecule has 0 saturated heterocycles. The minimum atomic E-state index is -3.53. The second kappa shape index (κ2) is 9.82. The van der Waals surface area contributed by atoms with E-state index < -0.39 is 21.8 Å². The number of rotatable bonds is 8. The fourth-order valence-corrected chi connectivity index (χ4v) is 4.16. The number of ether oxygens (including phenoxy) is 1. The molecular formula is C20H21ClFNO4S. The Morgan fingerprint density at radius 3 is 2.36 bits per heavy atom. The van der Waals surface area contributed by atoms with Gasteiger partial charge in [-0.25, -0.2) is 17.6 Å². The topological polar surface area (TPSA) is 63.7 Å². The fraction of sp³-hybridized carbons (Fsp3) is 0.250. The van der Waals surface area contributed by atoms with Crippen molar-refractivity contribution in [3.63, 3.8) is 0 Å². The highest BCUT2D eigenvalue weighted by Gasteiger charge is 2.20. The van der Waals surface area contributed by atoms with Crippen LogP contribution in [0.4, 0.5) is 4.39 Å². The van der Waals surface area contributed by atoms with Gasteiger partial charge >= 0.3 is 5.97 Å². The molecule has 2 aromatic rings. The van der Waals surface area contributed by atoms with Gasteiger partial charge in [0.2, 0.25) is 10.0 Å². The maximum Gasteiger partial charge on any atom is 0.331 e. The highest BCUT2D eigenvalue weighted by molar-refractivity contribution is 7.89. The van der Waals surface area contributed by atoms with Crippen LogP contribution in [0.5, 0.6) is 0 Å². The summed E-state index contributed by atoms with van der Waals surface area (Å²) >= 11 is 5.88. The molecule has 0 aliphatic carbocycles. The first-order valence-electron chi connectivity index (χ1n) is 8.67. The summed E-state index contributed by atoms with van der Waals surface area (Å²) in [6.07, 6.45) is 2.67. The van der Waals surface area contributed by atoms with E-state index in [4.69, 9.17) is 16.3 Å². The Balaban J connectivity index is 2.01. The van der Waals surface area contributed by atoms with E-state index in [0.29, 0.717) is 18.7 Å². The quantitative estimate of drug-likeness (QED) is 0.468. The molecule has 150 valence electrons. The molecule has 0 unspecified atom stereocenters. The van der Waals surface area contributed by atoms with Crippen LogP contribution in [0.15, 0.2) is 53.4 Å². The summed E-state index contributed by atoms with van der Waals surface area (Å²) < 4.78 is 44.9. The summed E-state index contributed by atoms with van der Waals surface area (Å²) in [7, 11) is -3.53. The van der Waals surface area contributed by atoms with Crippen molar-refractivity contribution in [1.82, 2.24) is 4.31 Å². The Bertz CT molecular complexity index is 934. The Kier molecular flexibility index (Phi) is 7.74. The zero-order valence-electron chi connectivity index (χ0n) is 15.6. The molecule has 0 aromatic heterocycles. The third kappa shape index (κ3) is 5.41. The molecule has 28 heavy (non-hydrogen) atoms. The van der Waals surface area contributed by atoms with Gasteiger partial charge in [-0.05, 0) is 35.9 Å². The molecule has 0 fully saturated rings.